The van der Waals surface area contributed by atoms with E-state index >= 15 is 0 Å². The van der Waals surface area contributed by atoms with Crippen LogP contribution < -0.4 is 10.6 Å². The van der Waals surface area contributed by atoms with Crippen molar-refractivity contribution in [3.8, 4) is 0 Å². The predicted octanol–water partition coefficient (Wildman–Crippen LogP) is 1.13. The fourth-order valence-corrected chi connectivity index (χ4v) is 3.10. The summed E-state index contributed by atoms with van der Waals surface area (Å²) in [6.45, 7) is 3.88. The molecule has 1 aliphatic carbocycles. The molecule has 0 spiro atoms. The van der Waals surface area contributed by atoms with Gasteiger partial charge in [-0.25, -0.2) is 0 Å². The van der Waals surface area contributed by atoms with Gasteiger partial charge in [0.25, 0.3) is 0 Å². The van der Waals surface area contributed by atoms with Crippen LogP contribution in [0.25, 0.3) is 0 Å². The van der Waals surface area contributed by atoms with Gasteiger partial charge in [-0.15, -0.1) is 0 Å². The molecule has 94 valence electrons. The van der Waals surface area contributed by atoms with Crippen LogP contribution in [0, 0.1) is 11.8 Å². The minimum absolute atomic E-state index is 0.365. The van der Waals surface area contributed by atoms with E-state index in [-0.39, 0.29) is 0 Å². The summed E-state index contributed by atoms with van der Waals surface area (Å²) < 4.78 is 0. The zero-order valence-electron chi connectivity index (χ0n) is 10.3. The predicted molar refractivity (Wildman–Crippen MR) is 66.4 cm³/mol. The maximum atomic E-state index is 9.35. The van der Waals surface area contributed by atoms with Crippen LogP contribution in [0.2, 0.25) is 0 Å². The Morgan fingerprint density at radius 1 is 1.06 bits per heavy atom. The van der Waals surface area contributed by atoms with Gasteiger partial charge in [0, 0.05) is 12.6 Å². The Balaban J connectivity index is 1.70. The average molecular weight is 226 g/mol. The smallest absolute Gasteiger partial charge is 0.0474 e. The van der Waals surface area contributed by atoms with Crippen molar-refractivity contribution in [2.24, 2.45) is 11.8 Å². The minimum Gasteiger partial charge on any atom is -0.396 e. The van der Waals surface area contributed by atoms with E-state index in [0.29, 0.717) is 18.6 Å². The van der Waals surface area contributed by atoms with E-state index in [1.165, 1.54) is 51.6 Å². The lowest BCUT2D eigenvalue weighted by Crippen LogP contribution is -2.43. The van der Waals surface area contributed by atoms with Gasteiger partial charge in [-0.2, -0.15) is 0 Å². The number of rotatable bonds is 4. The van der Waals surface area contributed by atoms with Gasteiger partial charge in [0.1, 0.15) is 0 Å². The Bertz CT molecular complexity index is 192. The van der Waals surface area contributed by atoms with E-state index in [0.717, 1.165) is 12.5 Å². The highest BCUT2D eigenvalue weighted by atomic mass is 16.3. The second kappa shape index (κ2) is 6.58. The quantitative estimate of drug-likeness (QED) is 0.673. The van der Waals surface area contributed by atoms with Crippen molar-refractivity contribution in [3.63, 3.8) is 0 Å². The number of aliphatic hydroxyl groups is 1. The second-order valence-corrected chi connectivity index (χ2v) is 5.44. The minimum atomic E-state index is 0.365. The van der Waals surface area contributed by atoms with Crippen molar-refractivity contribution in [1.82, 2.24) is 10.6 Å². The van der Waals surface area contributed by atoms with Crippen molar-refractivity contribution in [3.05, 3.63) is 0 Å². The van der Waals surface area contributed by atoms with Crippen molar-refractivity contribution < 1.29 is 5.11 Å². The van der Waals surface area contributed by atoms with Crippen molar-refractivity contribution in [1.29, 1.82) is 0 Å². The molecule has 2 aliphatic rings. The summed E-state index contributed by atoms with van der Waals surface area (Å²) in [5.41, 5.74) is 0. The lowest BCUT2D eigenvalue weighted by Gasteiger charge is -2.33. The van der Waals surface area contributed by atoms with Crippen LogP contribution in [0.3, 0.4) is 0 Å². The molecule has 3 N–H and O–H groups in total. The molecule has 1 saturated carbocycles. The molecule has 2 rings (SSSR count). The highest BCUT2D eigenvalue weighted by Crippen LogP contribution is 2.24. The van der Waals surface area contributed by atoms with Crippen LogP contribution >= 0.6 is 0 Å². The van der Waals surface area contributed by atoms with Gasteiger partial charge >= 0.3 is 0 Å². The van der Waals surface area contributed by atoms with E-state index in [1.54, 1.807) is 0 Å². The summed E-state index contributed by atoms with van der Waals surface area (Å²) >= 11 is 0. The lowest BCUT2D eigenvalue weighted by molar-refractivity contribution is 0.148. The van der Waals surface area contributed by atoms with Gasteiger partial charge in [0.15, 0.2) is 0 Å². The van der Waals surface area contributed by atoms with Crippen molar-refractivity contribution in [2.45, 2.75) is 44.6 Å². The molecule has 0 bridgehead atoms. The molecule has 2 fully saturated rings. The zero-order valence-corrected chi connectivity index (χ0v) is 10.3. The molecule has 2 atom stereocenters. The van der Waals surface area contributed by atoms with Gasteiger partial charge in [-0.05, 0) is 57.2 Å². The number of aliphatic hydroxyl groups excluding tert-OH is 1. The topological polar surface area (TPSA) is 44.3 Å². The molecule has 0 amide bonds. The molecule has 0 aromatic heterocycles. The van der Waals surface area contributed by atoms with Crippen molar-refractivity contribution in [2.75, 3.05) is 26.2 Å². The lowest BCUT2D eigenvalue weighted by atomic mass is 9.84. The SMILES string of the molecule is OCC1CCCCC1NCC1CCNCC1. The Kier molecular flexibility index (Phi) is 5.07. The Morgan fingerprint density at radius 3 is 2.56 bits per heavy atom. The van der Waals surface area contributed by atoms with E-state index in [9.17, 15) is 5.11 Å². The Labute approximate surface area is 99.0 Å². The molecule has 1 heterocycles. The third-order valence-electron chi connectivity index (χ3n) is 4.27. The van der Waals surface area contributed by atoms with Gasteiger partial charge in [0.2, 0.25) is 0 Å². The third-order valence-corrected chi connectivity index (χ3v) is 4.27. The molecule has 2 unspecified atom stereocenters. The molecule has 0 radical (unpaired) electrons. The highest BCUT2D eigenvalue weighted by Gasteiger charge is 2.24. The van der Waals surface area contributed by atoms with Gasteiger partial charge < -0.3 is 15.7 Å². The van der Waals surface area contributed by atoms with Crippen LogP contribution in [0.4, 0.5) is 0 Å². The van der Waals surface area contributed by atoms with Crippen molar-refractivity contribution >= 4 is 0 Å². The van der Waals surface area contributed by atoms with Gasteiger partial charge in [-0.3, -0.25) is 0 Å². The maximum absolute atomic E-state index is 9.35. The van der Waals surface area contributed by atoms with E-state index < -0.39 is 0 Å². The summed E-state index contributed by atoms with van der Waals surface area (Å²) in [7, 11) is 0. The normalized spacial score (nSPS) is 32.8. The first-order chi connectivity index (χ1) is 7.90. The molecule has 0 aromatic carbocycles. The third kappa shape index (κ3) is 3.44. The average Bonchev–Trinajstić information content (AvgIpc) is 2.38. The zero-order chi connectivity index (χ0) is 11.2. The first-order valence-corrected chi connectivity index (χ1v) is 6.95. The van der Waals surface area contributed by atoms with E-state index in [1.807, 2.05) is 0 Å². The van der Waals surface area contributed by atoms with Crippen LogP contribution in [0.15, 0.2) is 0 Å². The number of hydrogen-bond acceptors (Lipinski definition) is 3. The van der Waals surface area contributed by atoms with Crippen LogP contribution in [0.1, 0.15) is 38.5 Å². The van der Waals surface area contributed by atoms with Gasteiger partial charge in [-0.1, -0.05) is 12.8 Å². The van der Waals surface area contributed by atoms with E-state index in [2.05, 4.69) is 10.6 Å². The number of hydrogen-bond donors (Lipinski definition) is 3. The Hall–Kier alpha value is -0.120. The Morgan fingerprint density at radius 2 is 1.81 bits per heavy atom. The van der Waals surface area contributed by atoms with Gasteiger partial charge in [0.05, 0.1) is 0 Å². The second-order valence-electron chi connectivity index (χ2n) is 5.44. The largest absolute Gasteiger partial charge is 0.396 e. The van der Waals surface area contributed by atoms with Crippen LogP contribution in [-0.4, -0.2) is 37.4 Å². The molecule has 1 aliphatic heterocycles. The van der Waals surface area contributed by atoms with E-state index in [4.69, 9.17) is 0 Å². The number of piperidine rings is 1. The summed E-state index contributed by atoms with van der Waals surface area (Å²) in [4.78, 5) is 0. The maximum Gasteiger partial charge on any atom is 0.0474 e. The standard InChI is InChI=1S/C13H26N2O/c16-10-12-3-1-2-4-13(12)15-9-11-5-7-14-8-6-11/h11-16H,1-10H2. The molecular weight excluding hydrogens is 200 g/mol. The molecule has 3 heteroatoms. The molecule has 1 saturated heterocycles. The molecular formula is C13H26N2O. The molecule has 16 heavy (non-hydrogen) atoms. The summed E-state index contributed by atoms with van der Waals surface area (Å²) in [5.74, 6) is 1.36. The van der Waals surface area contributed by atoms with Crippen LogP contribution in [-0.2, 0) is 0 Å². The first-order valence-electron chi connectivity index (χ1n) is 6.95. The fourth-order valence-electron chi connectivity index (χ4n) is 3.10. The highest BCUT2D eigenvalue weighted by molar-refractivity contribution is 4.82. The fraction of sp³-hybridized carbons (Fsp3) is 1.00. The first kappa shape index (κ1) is 12.3. The summed E-state index contributed by atoms with van der Waals surface area (Å²) in [5, 5.41) is 16.5. The number of nitrogens with one attached hydrogen (secondary N) is 2. The molecule has 0 aromatic rings. The summed E-state index contributed by atoms with van der Waals surface area (Å²) in [6.07, 6.45) is 7.72. The molecule has 3 nitrogen and oxygen atoms in total. The monoisotopic (exact) mass is 226 g/mol. The van der Waals surface area contributed by atoms with Crippen LogP contribution in [0.5, 0.6) is 0 Å². The summed E-state index contributed by atoms with van der Waals surface area (Å²) in [6, 6.07) is 0.577.